The van der Waals surface area contributed by atoms with Gasteiger partial charge in [-0.2, -0.15) is 0 Å². The Bertz CT molecular complexity index is 678. The Hall–Kier alpha value is -1.83. The van der Waals surface area contributed by atoms with Crippen LogP contribution >= 0.6 is 0 Å². The van der Waals surface area contributed by atoms with E-state index in [1.54, 1.807) is 0 Å². The van der Waals surface area contributed by atoms with Gasteiger partial charge in [-0.25, -0.2) is 4.99 Å². The minimum absolute atomic E-state index is 0.638. The van der Waals surface area contributed by atoms with Crippen molar-refractivity contribution in [3.05, 3.63) is 29.8 Å². The summed E-state index contributed by atoms with van der Waals surface area (Å²) in [4.78, 5) is 9.79. The van der Waals surface area contributed by atoms with E-state index in [9.17, 15) is 0 Å². The number of hydrogen-bond acceptors (Lipinski definition) is 5. The quantitative estimate of drug-likeness (QED) is 0.310. The van der Waals surface area contributed by atoms with Gasteiger partial charge in [0, 0.05) is 45.3 Å². The second-order valence-corrected chi connectivity index (χ2v) is 8.81. The molecular formula is C25H43N5O2. The van der Waals surface area contributed by atoms with Crippen LogP contribution in [0.15, 0.2) is 29.3 Å². The van der Waals surface area contributed by atoms with Gasteiger partial charge in [-0.05, 0) is 57.4 Å². The standard InChI is InChI=1S/C25H43N5O2/c1-3-26-25(27-11-7-13-30-12-5-4-8-22(30)2)28-21-23-9-6-10-24(20-23)32-19-16-29-14-17-31-18-15-29/h6,9-10,20,22H,3-5,7-8,11-19,21H2,1-2H3,(H2,26,27,28). The van der Waals surface area contributed by atoms with Crippen molar-refractivity contribution in [2.45, 2.75) is 52.1 Å². The molecule has 1 atom stereocenters. The molecule has 2 aliphatic rings. The molecule has 2 aliphatic heterocycles. The Balaban J connectivity index is 1.39. The van der Waals surface area contributed by atoms with E-state index in [0.29, 0.717) is 13.2 Å². The number of aliphatic imine (C=N–C) groups is 1. The first-order chi connectivity index (χ1) is 15.7. The Morgan fingerprint density at radius 2 is 2.03 bits per heavy atom. The van der Waals surface area contributed by atoms with Crippen molar-refractivity contribution < 1.29 is 9.47 Å². The second kappa shape index (κ2) is 14.3. The summed E-state index contributed by atoms with van der Waals surface area (Å²) in [6, 6.07) is 9.02. The molecule has 0 spiro atoms. The second-order valence-electron chi connectivity index (χ2n) is 8.81. The fourth-order valence-electron chi connectivity index (χ4n) is 4.34. The van der Waals surface area contributed by atoms with E-state index < -0.39 is 0 Å². The molecule has 1 aromatic carbocycles. The lowest BCUT2D eigenvalue weighted by Crippen LogP contribution is -2.41. The average Bonchev–Trinajstić information content (AvgIpc) is 2.82. The van der Waals surface area contributed by atoms with Crippen LogP contribution < -0.4 is 15.4 Å². The minimum Gasteiger partial charge on any atom is -0.492 e. The third-order valence-corrected chi connectivity index (χ3v) is 6.30. The van der Waals surface area contributed by atoms with Crippen molar-refractivity contribution in [3.63, 3.8) is 0 Å². The highest BCUT2D eigenvalue weighted by Crippen LogP contribution is 2.16. The summed E-state index contributed by atoms with van der Waals surface area (Å²) in [6.45, 7) is 14.6. The van der Waals surface area contributed by atoms with Crippen LogP contribution in [0, 0.1) is 0 Å². The highest BCUT2D eigenvalue weighted by atomic mass is 16.5. The number of nitrogens with zero attached hydrogens (tertiary/aromatic N) is 3. The Morgan fingerprint density at radius 1 is 1.16 bits per heavy atom. The first kappa shape index (κ1) is 24.8. The van der Waals surface area contributed by atoms with Gasteiger partial charge in [0.25, 0.3) is 0 Å². The van der Waals surface area contributed by atoms with Crippen molar-refractivity contribution >= 4 is 5.96 Å². The smallest absolute Gasteiger partial charge is 0.191 e. The predicted octanol–water partition coefficient (Wildman–Crippen LogP) is 2.72. The van der Waals surface area contributed by atoms with Crippen molar-refractivity contribution in [1.29, 1.82) is 0 Å². The monoisotopic (exact) mass is 445 g/mol. The number of hydrogen-bond donors (Lipinski definition) is 2. The molecule has 2 N–H and O–H groups in total. The first-order valence-electron chi connectivity index (χ1n) is 12.5. The molecule has 7 nitrogen and oxygen atoms in total. The Labute approximate surface area is 194 Å². The molecule has 2 heterocycles. The Kier molecular flexibility index (Phi) is 11.1. The Morgan fingerprint density at radius 3 is 2.84 bits per heavy atom. The van der Waals surface area contributed by atoms with Gasteiger partial charge >= 0.3 is 0 Å². The van der Waals surface area contributed by atoms with Crippen LogP contribution in [-0.4, -0.2) is 87.4 Å². The molecule has 3 rings (SSSR count). The van der Waals surface area contributed by atoms with Gasteiger partial charge in [0.15, 0.2) is 5.96 Å². The molecule has 7 heteroatoms. The molecule has 0 bridgehead atoms. The third kappa shape index (κ3) is 8.96. The van der Waals surface area contributed by atoms with Crippen molar-refractivity contribution in [2.75, 3.05) is 65.6 Å². The summed E-state index contributed by atoms with van der Waals surface area (Å²) in [6.07, 6.45) is 5.21. The van der Waals surface area contributed by atoms with E-state index in [1.165, 1.54) is 25.8 Å². The van der Waals surface area contributed by atoms with Gasteiger partial charge in [-0.15, -0.1) is 0 Å². The molecule has 2 saturated heterocycles. The van der Waals surface area contributed by atoms with Crippen LogP contribution in [0.1, 0.15) is 45.1 Å². The maximum atomic E-state index is 5.98. The molecule has 0 aromatic heterocycles. The summed E-state index contributed by atoms with van der Waals surface area (Å²) in [5.41, 5.74) is 1.16. The molecule has 32 heavy (non-hydrogen) atoms. The van der Waals surface area contributed by atoms with Crippen LogP contribution in [0.4, 0.5) is 0 Å². The lowest BCUT2D eigenvalue weighted by atomic mass is 10.0. The number of guanidine groups is 1. The highest BCUT2D eigenvalue weighted by molar-refractivity contribution is 5.79. The zero-order chi connectivity index (χ0) is 22.4. The van der Waals surface area contributed by atoms with Gasteiger partial charge in [0.2, 0.25) is 0 Å². The maximum Gasteiger partial charge on any atom is 0.191 e. The van der Waals surface area contributed by atoms with Crippen molar-refractivity contribution in [2.24, 2.45) is 4.99 Å². The predicted molar refractivity (Wildman–Crippen MR) is 132 cm³/mol. The van der Waals surface area contributed by atoms with Gasteiger partial charge in [0.05, 0.1) is 19.8 Å². The number of piperidine rings is 1. The molecule has 1 unspecified atom stereocenters. The molecule has 0 amide bonds. The molecule has 0 aliphatic carbocycles. The average molecular weight is 446 g/mol. The first-order valence-corrected chi connectivity index (χ1v) is 12.5. The van der Waals surface area contributed by atoms with E-state index in [2.05, 4.69) is 52.5 Å². The third-order valence-electron chi connectivity index (χ3n) is 6.30. The lowest BCUT2D eigenvalue weighted by molar-refractivity contribution is 0.0322. The van der Waals surface area contributed by atoms with E-state index in [4.69, 9.17) is 14.5 Å². The molecule has 2 fully saturated rings. The van der Waals surface area contributed by atoms with Crippen molar-refractivity contribution in [1.82, 2.24) is 20.4 Å². The number of nitrogens with one attached hydrogen (secondary N) is 2. The summed E-state index contributed by atoms with van der Waals surface area (Å²) < 4.78 is 11.4. The fraction of sp³-hybridized carbons (Fsp3) is 0.720. The molecule has 0 radical (unpaired) electrons. The molecule has 180 valence electrons. The highest BCUT2D eigenvalue weighted by Gasteiger charge is 2.17. The van der Waals surface area contributed by atoms with Gasteiger partial charge < -0.3 is 25.0 Å². The number of rotatable bonds is 11. The molecule has 1 aromatic rings. The summed E-state index contributed by atoms with van der Waals surface area (Å²) in [7, 11) is 0. The fourth-order valence-corrected chi connectivity index (χ4v) is 4.34. The zero-order valence-electron chi connectivity index (χ0n) is 20.2. The van der Waals surface area contributed by atoms with Crippen LogP contribution in [0.2, 0.25) is 0 Å². The minimum atomic E-state index is 0.638. The molecule has 0 saturated carbocycles. The molecular weight excluding hydrogens is 402 g/mol. The topological polar surface area (TPSA) is 61.4 Å². The number of likely N-dealkylation sites (tertiary alicyclic amines) is 1. The normalized spacial score (nSPS) is 20.8. The lowest BCUT2D eigenvalue weighted by Gasteiger charge is -2.33. The van der Waals surface area contributed by atoms with E-state index in [0.717, 1.165) is 82.2 Å². The SMILES string of the molecule is CCNC(=NCc1cccc(OCCN2CCOCC2)c1)NCCCN1CCCCC1C. The summed E-state index contributed by atoms with van der Waals surface area (Å²) >= 11 is 0. The van der Waals surface area contributed by atoms with E-state index >= 15 is 0 Å². The maximum absolute atomic E-state index is 5.98. The van der Waals surface area contributed by atoms with E-state index in [1.807, 2.05) is 6.07 Å². The van der Waals surface area contributed by atoms with Gasteiger partial charge in [-0.3, -0.25) is 4.90 Å². The van der Waals surface area contributed by atoms with Gasteiger partial charge in [-0.1, -0.05) is 18.6 Å². The van der Waals surface area contributed by atoms with Crippen LogP contribution in [0.3, 0.4) is 0 Å². The number of benzene rings is 1. The van der Waals surface area contributed by atoms with Gasteiger partial charge in [0.1, 0.15) is 12.4 Å². The van der Waals surface area contributed by atoms with Crippen LogP contribution in [-0.2, 0) is 11.3 Å². The summed E-state index contributed by atoms with van der Waals surface area (Å²) in [5.74, 6) is 1.80. The number of morpholine rings is 1. The zero-order valence-corrected chi connectivity index (χ0v) is 20.2. The largest absolute Gasteiger partial charge is 0.492 e. The van der Waals surface area contributed by atoms with Crippen molar-refractivity contribution in [3.8, 4) is 5.75 Å². The van der Waals surface area contributed by atoms with E-state index in [-0.39, 0.29) is 0 Å². The summed E-state index contributed by atoms with van der Waals surface area (Å²) in [5, 5.41) is 6.86. The van der Waals surface area contributed by atoms with Crippen LogP contribution in [0.25, 0.3) is 0 Å². The number of ether oxygens (including phenoxy) is 2. The van der Waals surface area contributed by atoms with Crippen LogP contribution in [0.5, 0.6) is 5.75 Å².